The summed E-state index contributed by atoms with van der Waals surface area (Å²) >= 11 is 0. The average molecular weight is 362 g/mol. The van der Waals surface area contributed by atoms with Crippen molar-refractivity contribution in [1.29, 1.82) is 0 Å². The third kappa shape index (κ3) is 5.82. The van der Waals surface area contributed by atoms with Gasteiger partial charge in [0.2, 0.25) is 5.91 Å². The number of para-hydroxylation sites is 2. The second-order valence-electron chi connectivity index (χ2n) is 6.78. The largest absolute Gasteiger partial charge is 0.495 e. The molecule has 7 nitrogen and oxygen atoms in total. The van der Waals surface area contributed by atoms with E-state index < -0.39 is 0 Å². The summed E-state index contributed by atoms with van der Waals surface area (Å²) in [5.74, 6) is 0.827. The highest BCUT2D eigenvalue weighted by atomic mass is 16.5. The van der Waals surface area contributed by atoms with Gasteiger partial charge in [0.15, 0.2) is 0 Å². The maximum Gasteiger partial charge on any atom is 0.315 e. The van der Waals surface area contributed by atoms with E-state index in [0.717, 1.165) is 37.4 Å². The Morgan fingerprint density at radius 1 is 1.15 bits per heavy atom. The Balaban J connectivity index is 1.68. The molecule has 0 saturated carbocycles. The number of piperidine rings is 1. The number of amides is 3. The molecule has 26 heavy (non-hydrogen) atoms. The third-order valence-electron chi connectivity index (χ3n) is 4.49. The van der Waals surface area contributed by atoms with Crippen molar-refractivity contribution >= 4 is 17.6 Å². The number of nitrogens with zero attached hydrogens (tertiary/aromatic N) is 1. The molecule has 0 aromatic heterocycles. The lowest BCUT2D eigenvalue weighted by molar-refractivity contribution is -0.123. The van der Waals surface area contributed by atoms with Crippen molar-refractivity contribution in [3.05, 3.63) is 24.3 Å². The van der Waals surface area contributed by atoms with Gasteiger partial charge in [0.1, 0.15) is 5.75 Å². The summed E-state index contributed by atoms with van der Waals surface area (Å²) in [7, 11) is 1.68. The van der Waals surface area contributed by atoms with Crippen LogP contribution in [0.4, 0.5) is 10.5 Å². The van der Waals surface area contributed by atoms with Gasteiger partial charge in [-0.1, -0.05) is 26.0 Å². The highest BCUT2D eigenvalue weighted by Gasteiger charge is 2.22. The molecule has 3 N–H and O–H groups in total. The molecule has 1 fully saturated rings. The molecule has 1 aromatic carbocycles. The monoisotopic (exact) mass is 362 g/mol. The van der Waals surface area contributed by atoms with E-state index in [4.69, 9.17) is 4.74 Å². The Bertz CT molecular complexity index is 598. The number of methoxy groups -OCH3 is 1. The number of hydrogen-bond acceptors (Lipinski definition) is 4. The molecule has 0 atom stereocenters. The van der Waals surface area contributed by atoms with E-state index in [2.05, 4.69) is 26.9 Å². The summed E-state index contributed by atoms with van der Waals surface area (Å²) in [4.78, 5) is 25.7. The summed E-state index contributed by atoms with van der Waals surface area (Å²) in [6, 6.07) is 7.97. The highest BCUT2D eigenvalue weighted by molar-refractivity contribution is 5.78. The Morgan fingerprint density at radius 2 is 1.81 bits per heavy atom. The van der Waals surface area contributed by atoms with Gasteiger partial charge < -0.3 is 25.6 Å². The van der Waals surface area contributed by atoms with Crippen LogP contribution in [0.1, 0.15) is 26.7 Å². The Hall–Kier alpha value is -2.44. The van der Waals surface area contributed by atoms with Crippen molar-refractivity contribution in [3.8, 4) is 5.75 Å². The van der Waals surface area contributed by atoms with Gasteiger partial charge >= 0.3 is 6.03 Å². The number of nitrogens with one attached hydrogen (secondary N) is 3. The highest BCUT2D eigenvalue weighted by Crippen LogP contribution is 2.29. The predicted octanol–water partition coefficient (Wildman–Crippen LogP) is 1.74. The number of carbonyl (C=O) groups excluding carboxylic acids is 2. The molecule has 2 rings (SSSR count). The van der Waals surface area contributed by atoms with Gasteiger partial charge in [-0.25, -0.2) is 4.79 Å². The fraction of sp³-hybridized carbons (Fsp3) is 0.579. The first-order valence-corrected chi connectivity index (χ1v) is 9.21. The third-order valence-corrected chi connectivity index (χ3v) is 4.49. The first-order valence-electron chi connectivity index (χ1n) is 9.21. The van der Waals surface area contributed by atoms with Crippen LogP contribution in [0.25, 0.3) is 0 Å². The van der Waals surface area contributed by atoms with Crippen LogP contribution in [-0.4, -0.2) is 51.3 Å². The van der Waals surface area contributed by atoms with Crippen LogP contribution in [-0.2, 0) is 4.79 Å². The normalized spacial score (nSPS) is 14.8. The van der Waals surface area contributed by atoms with Gasteiger partial charge in [0.05, 0.1) is 12.8 Å². The predicted molar refractivity (Wildman–Crippen MR) is 103 cm³/mol. The minimum absolute atomic E-state index is 0.00378. The fourth-order valence-electron chi connectivity index (χ4n) is 2.96. The van der Waals surface area contributed by atoms with Crippen molar-refractivity contribution < 1.29 is 14.3 Å². The molecule has 0 aliphatic carbocycles. The molecular formula is C19H30N4O3. The van der Waals surface area contributed by atoms with Crippen LogP contribution < -0.4 is 25.6 Å². The van der Waals surface area contributed by atoms with Gasteiger partial charge in [0.25, 0.3) is 0 Å². The van der Waals surface area contributed by atoms with Gasteiger partial charge in [-0.2, -0.15) is 0 Å². The van der Waals surface area contributed by atoms with Gasteiger partial charge in [-0.05, 0) is 25.0 Å². The quantitative estimate of drug-likeness (QED) is 0.645. The van der Waals surface area contributed by atoms with Crippen LogP contribution in [0.15, 0.2) is 24.3 Å². The maximum absolute atomic E-state index is 12.0. The smallest absolute Gasteiger partial charge is 0.315 e. The summed E-state index contributed by atoms with van der Waals surface area (Å²) in [6.45, 7) is 6.28. The Labute approximate surface area is 155 Å². The number of hydrogen-bond donors (Lipinski definition) is 3. The maximum atomic E-state index is 12.0. The van der Waals surface area contributed by atoms with E-state index in [9.17, 15) is 9.59 Å². The first-order chi connectivity index (χ1) is 12.5. The molecule has 1 saturated heterocycles. The molecule has 0 unspecified atom stereocenters. The number of benzene rings is 1. The van der Waals surface area contributed by atoms with E-state index in [1.807, 2.05) is 32.0 Å². The SMILES string of the molecule is COc1ccccc1N1CCC(NC(=O)NCCNC(=O)C(C)C)CC1. The van der Waals surface area contributed by atoms with Crippen molar-refractivity contribution in [2.45, 2.75) is 32.7 Å². The number of carbonyl (C=O) groups is 2. The second-order valence-corrected chi connectivity index (χ2v) is 6.78. The lowest BCUT2D eigenvalue weighted by Gasteiger charge is -2.34. The van der Waals surface area contributed by atoms with Crippen molar-refractivity contribution in [1.82, 2.24) is 16.0 Å². The van der Waals surface area contributed by atoms with Crippen LogP contribution in [0.5, 0.6) is 5.75 Å². The zero-order valence-corrected chi connectivity index (χ0v) is 15.9. The zero-order chi connectivity index (χ0) is 18.9. The van der Waals surface area contributed by atoms with Gasteiger partial charge in [-0.3, -0.25) is 4.79 Å². The van der Waals surface area contributed by atoms with Gasteiger partial charge in [0, 0.05) is 38.1 Å². The number of urea groups is 1. The van der Waals surface area contributed by atoms with Crippen molar-refractivity contribution in [3.63, 3.8) is 0 Å². The molecule has 0 bridgehead atoms. The van der Waals surface area contributed by atoms with E-state index in [1.165, 1.54) is 0 Å². The summed E-state index contributed by atoms with van der Waals surface area (Å²) < 4.78 is 5.43. The minimum Gasteiger partial charge on any atom is -0.495 e. The molecule has 1 aliphatic rings. The van der Waals surface area contributed by atoms with Crippen molar-refractivity contribution in [2.75, 3.05) is 38.2 Å². The molecule has 1 heterocycles. The summed E-state index contributed by atoms with van der Waals surface area (Å²) in [5.41, 5.74) is 1.10. The Kier molecular flexibility index (Phi) is 7.56. The number of anilines is 1. The van der Waals surface area contributed by atoms with Crippen LogP contribution in [0.2, 0.25) is 0 Å². The zero-order valence-electron chi connectivity index (χ0n) is 15.9. The fourth-order valence-corrected chi connectivity index (χ4v) is 2.96. The molecule has 1 aliphatic heterocycles. The first kappa shape index (κ1) is 19.9. The summed E-state index contributed by atoms with van der Waals surface area (Å²) in [6.07, 6.45) is 1.77. The lowest BCUT2D eigenvalue weighted by atomic mass is 10.0. The molecule has 7 heteroatoms. The molecular weight excluding hydrogens is 332 g/mol. The van der Waals surface area contributed by atoms with Crippen LogP contribution in [0, 0.1) is 5.92 Å². The molecule has 144 valence electrons. The van der Waals surface area contributed by atoms with Crippen molar-refractivity contribution in [2.24, 2.45) is 5.92 Å². The number of ether oxygens (including phenoxy) is 1. The van der Waals surface area contributed by atoms with E-state index >= 15 is 0 Å². The topological polar surface area (TPSA) is 82.7 Å². The van der Waals surface area contributed by atoms with E-state index in [-0.39, 0.29) is 23.9 Å². The van der Waals surface area contributed by atoms with Crippen LogP contribution >= 0.6 is 0 Å². The Morgan fingerprint density at radius 3 is 2.46 bits per heavy atom. The molecule has 3 amide bonds. The molecule has 1 aromatic rings. The molecule has 0 radical (unpaired) electrons. The van der Waals surface area contributed by atoms with Gasteiger partial charge in [-0.15, -0.1) is 0 Å². The van der Waals surface area contributed by atoms with E-state index in [1.54, 1.807) is 7.11 Å². The summed E-state index contributed by atoms with van der Waals surface area (Å²) in [5, 5.41) is 8.57. The average Bonchev–Trinajstić information content (AvgIpc) is 2.65. The minimum atomic E-state index is -0.181. The van der Waals surface area contributed by atoms with E-state index in [0.29, 0.717) is 13.1 Å². The second kappa shape index (κ2) is 9.89. The van der Waals surface area contributed by atoms with Crippen LogP contribution in [0.3, 0.4) is 0 Å². The lowest BCUT2D eigenvalue weighted by Crippen LogP contribution is -2.49. The number of rotatable bonds is 7. The standard InChI is InChI=1S/C19H30N4O3/c1-14(2)18(24)20-10-11-21-19(25)22-15-8-12-23(13-9-15)16-6-4-5-7-17(16)26-3/h4-7,14-15H,8-13H2,1-3H3,(H,20,24)(H2,21,22,25). The molecule has 0 spiro atoms.